The lowest BCUT2D eigenvalue weighted by Crippen LogP contribution is -2.21. The molecule has 0 aromatic carbocycles. The molecule has 12 heavy (non-hydrogen) atoms. The van der Waals surface area contributed by atoms with Crippen LogP contribution in [0.25, 0.3) is 0 Å². The Morgan fingerprint density at radius 2 is 2.17 bits per heavy atom. The maximum atomic E-state index is 5.66. The van der Waals surface area contributed by atoms with E-state index >= 15 is 0 Å². The number of anilines is 2. The molecule has 66 valence electrons. The van der Waals surface area contributed by atoms with Gasteiger partial charge in [0.1, 0.15) is 12.0 Å². The Bertz CT molecular complexity index is 275. The Morgan fingerprint density at radius 3 is 2.75 bits per heavy atom. The number of nitrogen functional groups attached to an aromatic ring is 1. The van der Waals surface area contributed by atoms with Crippen molar-refractivity contribution in [2.24, 2.45) is 0 Å². The molecule has 6 heteroatoms. The summed E-state index contributed by atoms with van der Waals surface area (Å²) in [6.45, 7) is 0. The van der Waals surface area contributed by atoms with E-state index in [1.807, 2.05) is 14.1 Å². The summed E-state index contributed by atoms with van der Waals surface area (Å²) in [5.41, 5.74) is 8.83. The van der Waals surface area contributed by atoms with Crippen molar-refractivity contribution >= 4 is 23.1 Å². The molecule has 5 nitrogen and oxygen atoms in total. The quantitative estimate of drug-likeness (QED) is 0.524. The number of nitrogens with zero attached hydrogens (tertiary/aromatic N) is 3. The van der Waals surface area contributed by atoms with E-state index in [9.17, 15) is 0 Å². The van der Waals surface area contributed by atoms with E-state index in [1.54, 1.807) is 5.01 Å². The van der Waals surface area contributed by atoms with Crippen molar-refractivity contribution in [3.05, 3.63) is 11.5 Å². The third-order valence-electron chi connectivity index (χ3n) is 1.16. The monoisotopic (exact) mass is 187 g/mol. The van der Waals surface area contributed by atoms with Crippen molar-refractivity contribution in [3.8, 4) is 0 Å². The van der Waals surface area contributed by atoms with Crippen LogP contribution in [0.4, 0.5) is 11.5 Å². The third kappa shape index (κ3) is 1.96. The lowest BCUT2D eigenvalue weighted by Gasteiger charge is -2.13. The average Bonchev–Trinajstić information content (AvgIpc) is 1.98. The van der Waals surface area contributed by atoms with Gasteiger partial charge in [-0.05, 0) is 0 Å². The Labute approximate surface area is 75.5 Å². The first-order valence-corrected chi connectivity index (χ1v) is 3.69. The number of hydrazine groups is 1. The molecule has 0 spiro atoms. The lowest BCUT2D eigenvalue weighted by atomic mass is 10.5. The molecular formula is C6H10ClN5. The number of hydrogen-bond acceptors (Lipinski definition) is 5. The van der Waals surface area contributed by atoms with Crippen LogP contribution in [0.5, 0.6) is 0 Å². The van der Waals surface area contributed by atoms with Gasteiger partial charge in [0.2, 0.25) is 0 Å². The summed E-state index contributed by atoms with van der Waals surface area (Å²) in [4.78, 5) is 7.62. The van der Waals surface area contributed by atoms with Crippen LogP contribution in [0.2, 0.25) is 5.15 Å². The minimum atomic E-state index is 0.259. The molecule has 0 saturated carbocycles. The summed E-state index contributed by atoms with van der Waals surface area (Å²) in [5, 5.41) is 1.98. The Morgan fingerprint density at radius 1 is 1.50 bits per heavy atom. The Kier molecular flexibility index (Phi) is 2.67. The molecule has 1 aromatic rings. The highest BCUT2D eigenvalue weighted by Crippen LogP contribution is 2.21. The number of halogens is 1. The van der Waals surface area contributed by atoms with E-state index in [-0.39, 0.29) is 5.15 Å². The first-order valence-electron chi connectivity index (χ1n) is 3.31. The van der Waals surface area contributed by atoms with Gasteiger partial charge in [-0.2, -0.15) is 0 Å². The summed E-state index contributed by atoms with van der Waals surface area (Å²) in [6.07, 6.45) is 1.35. The van der Waals surface area contributed by atoms with Gasteiger partial charge in [-0.1, -0.05) is 11.6 Å². The number of aromatic nitrogens is 2. The van der Waals surface area contributed by atoms with Crippen molar-refractivity contribution in [1.82, 2.24) is 15.0 Å². The van der Waals surface area contributed by atoms with Gasteiger partial charge in [0, 0.05) is 14.1 Å². The molecule has 3 N–H and O–H groups in total. The second-order valence-corrected chi connectivity index (χ2v) is 2.79. The molecule has 0 unspecified atom stereocenters. The minimum absolute atomic E-state index is 0.259. The van der Waals surface area contributed by atoms with Crippen molar-refractivity contribution in [3.63, 3.8) is 0 Å². The van der Waals surface area contributed by atoms with Gasteiger partial charge < -0.3 is 11.2 Å². The van der Waals surface area contributed by atoms with Crippen LogP contribution in [-0.2, 0) is 0 Å². The van der Waals surface area contributed by atoms with Gasteiger partial charge in [0.25, 0.3) is 0 Å². The second-order valence-electron chi connectivity index (χ2n) is 2.43. The van der Waals surface area contributed by atoms with E-state index in [4.69, 9.17) is 17.3 Å². The molecule has 1 aromatic heterocycles. The van der Waals surface area contributed by atoms with Crippen molar-refractivity contribution in [2.75, 3.05) is 25.3 Å². The van der Waals surface area contributed by atoms with E-state index < -0.39 is 0 Å². The number of rotatable bonds is 2. The molecular weight excluding hydrogens is 178 g/mol. The first-order chi connectivity index (χ1) is 5.61. The number of nitrogens with one attached hydrogen (secondary N) is 1. The number of nitrogens with two attached hydrogens (primary N) is 1. The van der Waals surface area contributed by atoms with Gasteiger partial charge in [0.15, 0.2) is 11.0 Å². The lowest BCUT2D eigenvalue weighted by molar-refractivity contribution is 0.492. The fourth-order valence-electron chi connectivity index (χ4n) is 0.675. The molecule has 0 saturated heterocycles. The van der Waals surface area contributed by atoms with Gasteiger partial charge in [-0.15, -0.1) is 0 Å². The van der Waals surface area contributed by atoms with Crippen LogP contribution >= 0.6 is 11.6 Å². The van der Waals surface area contributed by atoms with Crippen molar-refractivity contribution in [1.29, 1.82) is 0 Å². The van der Waals surface area contributed by atoms with Crippen molar-refractivity contribution < 1.29 is 0 Å². The second kappa shape index (κ2) is 3.55. The van der Waals surface area contributed by atoms with Gasteiger partial charge in [-0.25, -0.2) is 15.0 Å². The molecule has 0 aliphatic heterocycles. The Balaban J connectivity index is 2.92. The zero-order chi connectivity index (χ0) is 9.14. The largest absolute Gasteiger partial charge is 0.393 e. The molecule has 0 aliphatic carbocycles. The molecule has 0 fully saturated rings. The molecule has 0 radical (unpaired) electrons. The van der Waals surface area contributed by atoms with Gasteiger partial charge in [0.05, 0.1) is 0 Å². The summed E-state index contributed by atoms with van der Waals surface area (Å²) in [5.74, 6) is 0.514. The molecule has 0 atom stereocenters. The maximum Gasteiger partial charge on any atom is 0.168 e. The van der Waals surface area contributed by atoms with E-state index in [0.29, 0.717) is 11.5 Å². The topological polar surface area (TPSA) is 67.1 Å². The maximum absolute atomic E-state index is 5.66. The minimum Gasteiger partial charge on any atom is -0.393 e. The Hall–Kier alpha value is -1.07. The molecule has 0 amide bonds. The van der Waals surface area contributed by atoms with Crippen LogP contribution in [-0.4, -0.2) is 29.1 Å². The van der Waals surface area contributed by atoms with Crippen LogP contribution in [0.1, 0.15) is 0 Å². The zero-order valence-corrected chi connectivity index (χ0v) is 7.63. The summed E-state index contributed by atoms with van der Waals surface area (Å²) >= 11 is 5.66. The standard InChI is InChI=1S/C6H10ClN5/c1-12(2)11-6-4(8)5(7)9-3-10-6/h3H,8H2,1-2H3,(H,9,10,11). The predicted octanol–water partition coefficient (Wildman–Crippen LogP) is 0.601. The molecule has 1 heterocycles. The summed E-state index contributed by atoms with van der Waals surface area (Å²) in [7, 11) is 3.66. The first kappa shape index (κ1) is 9.02. The van der Waals surface area contributed by atoms with Gasteiger partial charge >= 0.3 is 0 Å². The smallest absolute Gasteiger partial charge is 0.168 e. The van der Waals surface area contributed by atoms with Crippen LogP contribution in [0.3, 0.4) is 0 Å². The molecule has 0 bridgehead atoms. The van der Waals surface area contributed by atoms with E-state index in [2.05, 4.69) is 15.4 Å². The van der Waals surface area contributed by atoms with E-state index in [1.165, 1.54) is 6.33 Å². The highest BCUT2D eigenvalue weighted by molar-refractivity contribution is 6.32. The summed E-state index contributed by atoms with van der Waals surface area (Å²) < 4.78 is 0. The fraction of sp³-hybridized carbons (Fsp3) is 0.333. The van der Waals surface area contributed by atoms with Gasteiger partial charge in [-0.3, -0.25) is 0 Å². The number of hydrogen-bond donors (Lipinski definition) is 2. The van der Waals surface area contributed by atoms with Crippen LogP contribution in [0.15, 0.2) is 6.33 Å². The highest BCUT2D eigenvalue weighted by Gasteiger charge is 2.04. The predicted molar refractivity (Wildman–Crippen MR) is 48.8 cm³/mol. The van der Waals surface area contributed by atoms with Crippen LogP contribution in [0, 0.1) is 0 Å². The molecule has 0 aliphatic rings. The average molecular weight is 188 g/mol. The highest BCUT2D eigenvalue weighted by atomic mass is 35.5. The van der Waals surface area contributed by atoms with E-state index in [0.717, 1.165) is 0 Å². The third-order valence-corrected chi connectivity index (χ3v) is 1.47. The zero-order valence-electron chi connectivity index (χ0n) is 6.87. The fourth-order valence-corrected chi connectivity index (χ4v) is 0.808. The SMILES string of the molecule is CN(C)Nc1ncnc(Cl)c1N. The molecule has 1 rings (SSSR count). The van der Waals surface area contributed by atoms with Crippen LogP contribution < -0.4 is 11.2 Å². The van der Waals surface area contributed by atoms with Crippen molar-refractivity contribution in [2.45, 2.75) is 0 Å². The summed E-state index contributed by atoms with van der Waals surface area (Å²) in [6, 6.07) is 0. The normalized spacial score (nSPS) is 10.3.